The highest BCUT2D eigenvalue weighted by atomic mass is 79.9. The van der Waals surface area contributed by atoms with Crippen LogP contribution in [0.4, 0.5) is 8.78 Å². The number of carbonyl (C=O) groups is 1. The number of nitrogens with zero attached hydrogens (tertiary/aromatic N) is 1. The fourth-order valence-electron chi connectivity index (χ4n) is 2.86. The van der Waals surface area contributed by atoms with Crippen LogP contribution in [0.2, 0.25) is 0 Å². The van der Waals surface area contributed by atoms with E-state index in [1.54, 1.807) is 17.5 Å². The average Bonchev–Trinajstić information content (AvgIpc) is 3.20. The van der Waals surface area contributed by atoms with Crippen molar-refractivity contribution in [3.8, 4) is 0 Å². The molecule has 2 N–H and O–H groups in total. The first-order valence-electron chi connectivity index (χ1n) is 8.32. The molecule has 10 heteroatoms. The Kier molecular flexibility index (Phi) is 6.45. The van der Waals surface area contributed by atoms with E-state index < -0.39 is 24.7 Å². The highest BCUT2D eigenvalue weighted by Crippen LogP contribution is 2.60. The van der Waals surface area contributed by atoms with E-state index in [-0.39, 0.29) is 16.7 Å². The fraction of sp³-hybridized carbons (Fsp3) is 0.158. The molecule has 0 aliphatic heterocycles. The second-order valence-electron chi connectivity index (χ2n) is 6.27. The second kappa shape index (κ2) is 8.53. The summed E-state index contributed by atoms with van der Waals surface area (Å²) in [6.07, 6.45) is 1.75. The molecule has 29 heavy (non-hydrogen) atoms. The van der Waals surface area contributed by atoms with Crippen molar-refractivity contribution < 1.29 is 27.9 Å². The topological polar surface area (TPSA) is 87.5 Å². The molecule has 0 saturated heterocycles. The first-order valence-corrected chi connectivity index (χ1v) is 11.6. The third-order valence-corrected chi connectivity index (χ3v) is 6.74. The summed E-state index contributed by atoms with van der Waals surface area (Å²) in [5, 5.41) is 2.05. The molecule has 0 spiro atoms. The zero-order valence-corrected chi connectivity index (χ0v) is 18.0. The monoisotopic (exact) mass is 501 g/mol. The Morgan fingerprint density at radius 1 is 1.21 bits per heavy atom. The van der Waals surface area contributed by atoms with Crippen LogP contribution >= 0.6 is 34.9 Å². The quantitative estimate of drug-likeness (QED) is 0.337. The van der Waals surface area contributed by atoms with Gasteiger partial charge in [0.1, 0.15) is 0 Å². The molecular weight excluding hydrogens is 487 g/mol. The van der Waals surface area contributed by atoms with Crippen LogP contribution < -0.4 is 0 Å². The standard InChI is InChI=1S/C19H15BrF2NO4PS/c20-16-11-12(6-7-15(16)19(21,22)28(25,26)27)10-14(13-4-2-1-3-5-13)17(24)18-23-8-9-29-18/h1-9,11,14H,10H2,(H2,25,26,27). The number of alkyl halides is 2. The lowest BCUT2D eigenvalue weighted by Gasteiger charge is -2.20. The van der Waals surface area contributed by atoms with Crippen molar-refractivity contribution in [1.29, 1.82) is 0 Å². The van der Waals surface area contributed by atoms with Crippen molar-refractivity contribution in [2.45, 2.75) is 18.0 Å². The van der Waals surface area contributed by atoms with E-state index in [0.717, 1.165) is 11.6 Å². The van der Waals surface area contributed by atoms with Gasteiger partial charge < -0.3 is 9.79 Å². The van der Waals surface area contributed by atoms with E-state index >= 15 is 0 Å². The summed E-state index contributed by atoms with van der Waals surface area (Å²) in [5.41, 5.74) is -3.81. The van der Waals surface area contributed by atoms with Gasteiger partial charge in [-0.1, -0.05) is 58.4 Å². The van der Waals surface area contributed by atoms with Crippen molar-refractivity contribution in [2.75, 3.05) is 0 Å². The number of carbonyl (C=O) groups excluding carboxylic acids is 1. The van der Waals surface area contributed by atoms with Crippen LogP contribution in [0.5, 0.6) is 0 Å². The first-order chi connectivity index (χ1) is 13.6. The number of benzene rings is 2. The number of Topliss-reactive ketones (excluding diaryl/α,β-unsaturated/α-hetero) is 1. The third-order valence-electron chi connectivity index (χ3n) is 4.32. The van der Waals surface area contributed by atoms with Gasteiger partial charge in [-0.25, -0.2) is 4.98 Å². The molecule has 3 rings (SSSR count). The van der Waals surface area contributed by atoms with Crippen LogP contribution in [-0.4, -0.2) is 20.6 Å². The number of rotatable bonds is 7. The van der Waals surface area contributed by atoms with E-state index in [9.17, 15) is 18.1 Å². The van der Waals surface area contributed by atoms with Crippen LogP contribution in [0.3, 0.4) is 0 Å². The minimum atomic E-state index is -5.68. The molecule has 5 nitrogen and oxygen atoms in total. The van der Waals surface area contributed by atoms with Crippen LogP contribution in [-0.2, 0) is 16.6 Å². The average molecular weight is 502 g/mol. The minimum Gasteiger partial charge on any atom is -0.320 e. The lowest BCUT2D eigenvalue weighted by molar-refractivity contribution is 0.0557. The smallest absolute Gasteiger partial charge is 0.320 e. The van der Waals surface area contributed by atoms with E-state index in [1.165, 1.54) is 29.7 Å². The lowest BCUT2D eigenvalue weighted by atomic mass is 9.88. The molecule has 0 amide bonds. The predicted molar refractivity (Wildman–Crippen MR) is 109 cm³/mol. The lowest BCUT2D eigenvalue weighted by Crippen LogP contribution is -2.17. The number of halogens is 3. The van der Waals surface area contributed by atoms with Crippen molar-refractivity contribution in [1.82, 2.24) is 4.98 Å². The molecule has 0 radical (unpaired) electrons. The number of hydrogen-bond acceptors (Lipinski definition) is 4. The van der Waals surface area contributed by atoms with Gasteiger partial charge in [-0.15, -0.1) is 11.3 Å². The Balaban J connectivity index is 1.96. The fourth-order valence-corrected chi connectivity index (χ4v) is 4.83. The Hall–Kier alpha value is -1.77. The summed E-state index contributed by atoms with van der Waals surface area (Å²) in [6, 6.07) is 12.7. The highest BCUT2D eigenvalue weighted by molar-refractivity contribution is 9.10. The van der Waals surface area contributed by atoms with Gasteiger partial charge in [0.05, 0.1) is 5.92 Å². The Labute approximate surface area is 177 Å². The Bertz CT molecular complexity index is 1060. The Morgan fingerprint density at radius 2 is 1.90 bits per heavy atom. The number of ketones is 1. The summed E-state index contributed by atoms with van der Waals surface area (Å²) in [7, 11) is -5.68. The first kappa shape index (κ1) is 21.9. The maximum absolute atomic E-state index is 14.0. The van der Waals surface area contributed by atoms with Crippen LogP contribution in [0.15, 0.2) is 64.6 Å². The van der Waals surface area contributed by atoms with Gasteiger partial charge in [-0.05, 0) is 23.6 Å². The van der Waals surface area contributed by atoms with Crippen LogP contribution in [0, 0.1) is 0 Å². The molecule has 1 unspecified atom stereocenters. The van der Waals surface area contributed by atoms with Gasteiger partial charge in [-0.3, -0.25) is 9.36 Å². The van der Waals surface area contributed by atoms with Gasteiger partial charge in [0, 0.05) is 21.6 Å². The summed E-state index contributed by atoms with van der Waals surface area (Å²) in [4.78, 5) is 34.9. The predicted octanol–water partition coefficient (Wildman–Crippen LogP) is 5.34. The Morgan fingerprint density at radius 3 is 2.45 bits per heavy atom. The largest absolute Gasteiger partial charge is 0.399 e. The summed E-state index contributed by atoms with van der Waals surface area (Å²) in [5.74, 6) is -0.769. The maximum Gasteiger partial charge on any atom is 0.399 e. The molecule has 0 fully saturated rings. The van der Waals surface area contributed by atoms with Crippen molar-refractivity contribution in [3.05, 3.63) is 86.3 Å². The van der Waals surface area contributed by atoms with Gasteiger partial charge in [0.2, 0.25) is 0 Å². The number of aromatic nitrogens is 1. The van der Waals surface area contributed by atoms with E-state index in [2.05, 4.69) is 20.9 Å². The number of hydrogen-bond donors (Lipinski definition) is 2. The molecule has 0 aliphatic rings. The van der Waals surface area contributed by atoms with Crippen molar-refractivity contribution >= 4 is 40.6 Å². The van der Waals surface area contributed by atoms with Gasteiger partial charge in [0.25, 0.3) is 0 Å². The molecule has 3 aromatic rings. The molecule has 1 atom stereocenters. The van der Waals surface area contributed by atoms with Crippen LogP contribution in [0.25, 0.3) is 0 Å². The van der Waals surface area contributed by atoms with Gasteiger partial charge in [-0.2, -0.15) is 8.78 Å². The van der Waals surface area contributed by atoms with Gasteiger partial charge >= 0.3 is 13.3 Å². The SMILES string of the molecule is O=C(c1nccs1)C(Cc1ccc(C(F)(F)P(=O)(O)O)c(Br)c1)c1ccccc1. The summed E-state index contributed by atoms with van der Waals surface area (Å²) < 4.78 is 39.1. The zero-order valence-electron chi connectivity index (χ0n) is 14.7. The summed E-state index contributed by atoms with van der Waals surface area (Å²) >= 11 is 4.20. The van der Waals surface area contributed by atoms with Crippen molar-refractivity contribution in [2.24, 2.45) is 0 Å². The molecule has 2 aromatic carbocycles. The molecule has 1 heterocycles. The molecule has 1 aromatic heterocycles. The highest BCUT2D eigenvalue weighted by Gasteiger charge is 2.51. The van der Waals surface area contributed by atoms with E-state index in [0.29, 0.717) is 10.6 Å². The number of thiazole rings is 1. The minimum absolute atomic E-state index is 0.142. The second-order valence-corrected chi connectivity index (χ2v) is 9.67. The van der Waals surface area contributed by atoms with Crippen LogP contribution in [0.1, 0.15) is 32.4 Å². The zero-order chi connectivity index (χ0) is 21.2. The normalized spacial score (nSPS) is 13.3. The molecule has 0 aliphatic carbocycles. The van der Waals surface area contributed by atoms with Crippen molar-refractivity contribution in [3.63, 3.8) is 0 Å². The molecule has 0 saturated carbocycles. The third kappa shape index (κ3) is 4.70. The molecule has 0 bridgehead atoms. The summed E-state index contributed by atoms with van der Waals surface area (Å²) in [6.45, 7) is 0. The molecule has 152 valence electrons. The maximum atomic E-state index is 14.0. The van der Waals surface area contributed by atoms with E-state index in [4.69, 9.17) is 9.79 Å². The van der Waals surface area contributed by atoms with Gasteiger partial charge in [0.15, 0.2) is 10.8 Å². The molecular formula is C19H15BrF2NO4PS. The van der Waals surface area contributed by atoms with E-state index in [1.807, 2.05) is 18.2 Å².